The molecule has 4 rings (SSSR count). The van der Waals surface area contributed by atoms with Gasteiger partial charge < -0.3 is 19.3 Å². The molecule has 158 valence electrons. The number of piperazine rings is 1. The molecule has 2 aromatic rings. The summed E-state index contributed by atoms with van der Waals surface area (Å²) in [5, 5.41) is 0. The van der Waals surface area contributed by atoms with E-state index in [0.717, 1.165) is 5.69 Å². The average Bonchev–Trinajstić information content (AvgIpc) is 2.82. The number of rotatable bonds is 4. The fourth-order valence-corrected chi connectivity index (χ4v) is 3.89. The summed E-state index contributed by atoms with van der Waals surface area (Å²) in [5.41, 5.74) is 0.873. The van der Waals surface area contributed by atoms with Crippen LogP contribution in [0.25, 0.3) is 0 Å². The number of anilines is 1. The normalized spacial score (nSPS) is 19.8. The Morgan fingerprint density at radius 1 is 0.967 bits per heavy atom. The quantitative estimate of drug-likeness (QED) is 0.773. The zero-order valence-electron chi connectivity index (χ0n) is 17.4. The third kappa shape index (κ3) is 4.11. The Balaban J connectivity index is 1.31. The van der Waals surface area contributed by atoms with Crippen LogP contribution >= 0.6 is 0 Å². The van der Waals surface area contributed by atoms with Crippen molar-refractivity contribution in [1.82, 2.24) is 9.80 Å². The van der Waals surface area contributed by atoms with Gasteiger partial charge in [-0.15, -0.1) is 0 Å². The molecule has 0 aliphatic carbocycles. The summed E-state index contributed by atoms with van der Waals surface area (Å²) in [4.78, 5) is 31.4. The summed E-state index contributed by atoms with van der Waals surface area (Å²) < 4.78 is 11.5. The maximum Gasteiger partial charge on any atom is 0.267 e. The van der Waals surface area contributed by atoms with Crippen LogP contribution in [0, 0.1) is 0 Å². The fraction of sp³-hybridized carbons (Fsp3) is 0.391. The van der Waals surface area contributed by atoms with Gasteiger partial charge in [-0.25, -0.2) is 0 Å². The highest BCUT2D eigenvalue weighted by Crippen LogP contribution is 2.31. The Labute approximate surface area is 176 Å². The van der Waals surface area contributed by atoms with E-state index in [1.165, 1.54) is 0 Å². The lowest BCUT2D eigenvalue weighted by Gasteiger charge is -2.39. The van der Waals surface area contributed by atoms with Crippen molar-refractivity contribution in [2.24, 2.45) is 0 Å². The zero-order chi connectivity index (χ0) is 21.1. The molecule has 2 aliphatic heterocycles. The molecule has 2 atom stereocenters. The highest BCUT2D eigenvalue weighted by atomic mass is 16.6. The van der Waals surface area contributed by atoms with E-state index in [2.05, 4.69) is 4.90 Å². The first-order valence-electron chi connectivity index (χ1n) is 10.3. The number of ether oxygens (including phenoxy) is 2. The number of fused-ring (bicyclic) bond motifs is 1. The number of likely N-dealkylation sites (N-methyl/N-ethyl adjacent to an activating group) is 1. The molecule has 2 aliphatic rings. The first kappa shape index (κ1) is 20.2. The minimum atomic E-state index is -0.630. The van der Waals surface area contributed by atoms with Gasteiger partial charge in [-0.05, 0) is 31.2 Å². The standard InChI is InChI=1S/C23H27N3O4/c1-17(22(27)24(2)18-8-4-3-5-9-18)25-12-14-26(15-13-25)23(28)21-16-29-19-10-6-7-11-20(19)30-21/h3-11,17,21H,12-16H2,1-2H3/t17-,21-/m1/s1. The number of carbonyl (C=O) groups excluding carboxylic acids is 2. The van der Waals surface area contributed by atoms with Crippen molar-refractivity contribution in [3.8, 4) is 11.5 Å². The lowest BCUT2D eigenvalue weighted by Crippen LogP contribution is -2.57. The van der Waals surface area contributed by atoms with Crippen LogP contribution < -0.4 is 14.4 Å². The maximum absolute atomic E-state index is 12.9. The summed E-state index contributed by atoms with van der Waals surface area (Å²) in [5.74, 6) is 1.25. The van der Waals surface area contributed by atoms with Gasteiger partial charge in [-0.3, -0.25) is 14.5 Å². The molecule has 0 bridgehead atoms. The van der Waals surface area contributed by atoms with Crippen LogP contribution in [0.1, 0.15) is 6.92 Å². The van der Waals surface area contributed by atoms with Gasteiger partial charge in [-0.1, -0.05) is 30.3 Å². The van der Waals surface area contributed by atoms with Crippen LogP contribution in [-0.2, 0) is 9.59 Å². The van der Waals surface area contributed by atoms with Gasteiger partial charge in [0.2, 0.25) is 12.0 Å². The van der Waals surface area contributed by atoms with Crippen molar-refractivity contribution in [3.05, 3.63) is 54.6 Å². The van der Waals surface area contributed by atoms with Gasteiger partial charge in [-0.2, -0.15) is 0 Å². The van der Waals surface area contributed by atoms with E-state index in [4.69, 9.17) is 9.47 Å². The summed E-state index contributed by atoms with van der Waals surface area (Å²) in [6, 6.07) is 16.7. The van der Waals surface area contributed by atoms with Crippen molar-refractivity contribution >= 4 is 17.5 Å². The first-order chi connectivity index (χ1) is 14.5. The summed E-state index contributed by atoms with van der Waals surface area (Å²) >= 11 is 0. The number of hydrogen-bond acceptors (Lipinski definition) is 5. The number of nitrogens with zero attached hydrogens (tertiary/aromatic N) is 3. The van der Waals surface area contributed by atoms with E-state index in [-0.39, 0.29) is 24.5 Å². The summed E-state index contributed by atoms with van der Waals surface area (Å²) in [6.45, 7) is 4.55. The monoisotopic (exact) mass is 409 g/mol. The number of benzene rings is 2. The lowest BCUT2D eigenvalue weighted by atomic mass is 10.1. The second-order valence-corrected chi connectivity index (χ2v) is 7.63. The van der Waals surface area contributed by atoms with Crippen LogP contribution in [0.3, 0.4) is 0 Å². The molecule has 0 saturated carbocycles. The number of para-hydroxylation sites is 3. The van der Waals surface area contributed by atoms with Crippen molar-refractivity contribution in [1.29, 1.82) is 0 Å². The first-order valence-corrected chi connectivity index (χ1v) is 10.3. The van der Waals surface area contributed by atoms with E-state index in [9.17, 15) is 9.59 Å². The Morgan fingerprint density at radius 3 is 2.30 bits per heavy atom. The molecule has 0 unspecified atom stereocenters. The van der Waals surface area contributed by atoms with Crippen LogP contribution in [0.5, 0.6) is 11.5 Å². The minimum absolute atomic E-state index is 0.0431. The minimum Gasteiger partial charge on any atom is -0.485 e. The Hall–Kier alpha value is -3.06. The lowest BCUT2D eigenvalue weighted by molar-refractivity contribution is -0.143. The van der Waals surface area contributed by atoms with Crippen LogP contribution in [0.15, 0.2) is 54.6 Å². The Bertz CT molecular complexity index is 896. The fourth-order valence-electron chi connectivity index (χ4n) is 3.89. The number of hydrogen-bond donors (Lipinski definition) is 0. The second kappa shape index (κ2) is 8.75. The van der Waals surface area contributed by atoms with Crippen molar-refractivity contribution < 1.29 is 19.1 Å². The third-order valence-corrected chi connectivity index (χ3v) is 5.79. The molecule has 1 fully saturated rings. The molecule has 7 heteroatoms. The van der Waals surface area contributed by atoms with E-state index in [0.29, 0.717) is 37.7 Å². The van der Waals surface area contributed by atoms with Crippen molar-refractivity contribution in [3.63, 3.8) is 0 Å². The van der Waals surface area contributed by atoms with Crippen molar-refractivity contribution in [2.45, 2.75) is 19.1 Å². The van der Waals surface area contributed by atoms with Gasteiger partial charge in [0.1, 0.15) is 6.61 Å². The number of amides is 2. The van der Waals surface area contributed by atoms with Crippen molar-refractivity contribution in [2.75, 3.05) is 44.7 Å². The van der Waals surface area contributed by atoms with Gasteiger partial charge in [0.25, 0.3) is 5.91 Å². The molecule has 2 heterocycles. The molecule has 30 heavy (non-hydrogen) atoms. The average molecular weight is 409 g/mol. The van der Waals surface area contributed by atoms with Gasteiger partial charge in [0.15, 0.2) is 11.5 Å². The summed E-state index contributed by atoms with van der Waals surface area (Å²) in [6.07, 6.45) is -0.630. The molecular weight excluding hydrogens is 382 g/mol. The van der Waals surface area contributed by atoms with E-state index >= 15 is 0 Å². The smallest absolute Gasteiger partial charge is 0.267 e. The molecular formula is C23H27N3O4. The van der Waals surface area contributed by atoms with E-state index < -0.39 is 6.10 Å². The summed E-state index contributed by atoms with van der Waals surface area (Å²) in [7, 11) is 1.80. The van der Waals surface area contributed by atoms with Gasteiger partial charge in [0.05, 0.1) is 6.04 Å². The molecule has 0 N–H and O–H groups in total. The van der Waals surface area contributed by atoms with E-state index in [1.54, 1.807) is 16.8 Å². The molecule has 2 amide bonds. The highest BCUT2D eigenvalue weighted by Gasteiger charge is 2.34. The Morgan fingerprint density at radius 2 is 1.60 bits per heavy atom. The highest BCUT2D eigenvalue weighted by molar-refractivity contribution is 5.96. The SMILES string of the molecule is C[C@H](C(=O)N(C)c1ccccc1)N1CCN(C(=O)[C@H]2COc3ccccc3O2)CC1. The zero-order valence-corrected chi connectivity index (χ0v) is 17.4. The number of carbonyl (C=O) groups is 2. The second-order valence-electron chi connectivity index (χ2n) is 7.63. The topological polar surface area (TPSA) is 62.3 Å². The van der Waals surface area contributed by atoms with Gasteiger partial charge >= 0.3 is 0 Å². The Kier molecular flexibility index (Phi) is 5.90. The molecule has 0 radical (unpaired) electrons. The largest absolute Gasteiger partial charge is 0.485 e. The molecule has 1 saturated heterocycles. The van der Waals surface area contributed by atoms with Gasteiger partial charge in [0, 0.05) is 38.9 Å². The van der Waals surface area contributed by atoms with Crippen LogP contribution in [-0.4, -0.2) is 73.6 Å². The molecule has 2 aromatic carbocycles. The predicted molar refractivity (Wildman–Crippen MR) is 114 cm³/mol. The third-order valence-electron chi connectivity index (χ3n) is 5.79. The molecule has 0 aromatic heterocycles. The molecule has 0 spiro atoms. The van der Waals surface area contributed by atoms with Crippen LogP contribution in [0.2, 0.25) is 0 Å². The molecule has 7 nitrogen and oxygen atoms in total. The van der Waals surface area contributed by atoms with Crippen LogP contribution in [0.4, 0.5) is 5.69 Å². The van der Waals surface area contributed by atoms with E-state index in [1.807, 2.05) is 61.5 Å². The predicted octanol–water partition coefficient (Wildman–Crippen LogP) is 2.02. The maximum atomic E-state index is 12.9.